The lowest BCUT2D eigenvalue weighted by atomic mass is 9.85. The summed E-state index contributed by atoms with van der Waals surface area (Å²) in [7, 11) is 0. The lowest BCUT2D eigenvalue weighted by Gasteiger charge is -2.21. The van der Waals surface area contributed by atoms with Crippen molar-refractivity contribution < 1.29 is 18.7 Å². The van der Waals surface area contributed by atoms with E-state index in [0.29, 0.717) is 11.9 Å². The highest BCUT2D eigenvalue weighted by atomic mass is 19.1. The summed E-state index contributed by atoms with van der Waals surface area (Å²) >= 11 is 0. The van der Waals surface area contributed by atoms with Gasteiger partial charge in [0, 0.05) is 11.1 Å². The number of aromatic nitrogens is 1. The van der Waals surface area contributed by atoms with Crippen LogP contribution in [0.5, 0.6) is 0 Å². The van der Waals surface area contributed by atoms with Gasteiger partial charge in [-0.15, -0.1) is 0 Å². The highest BCUT2D eigenvalue weighted by Crippen LogP contribution is 2.39. The van der Waals surface area contributed by atoms with Crippen LogP contribution in [0.1, 0.15) is 30.0 Å². The summed E-state index contributed by atoms with van der Waals surface area (Å²) in [6.07, 6.45) is 2.05. The summed E-state index contributed by atoms with van der Waals surface area (Å²) in [4.78, 5) is 11.4. The molecule has 106 valence electrons. The minimum Gasteiger partial charge on any atom is -0.481 e. The van der Waals surface area contributed by atoms with Crippen molar-refractivity contribution in [2.75, 3.05) is 6.67 Å². The van der Waals surface area contributed by atoms with Crippen LogP contribution in [0.25, 0.3) is 10.9 Å². The zero-order valence-corrected chi connectivity index (χ0v) is 10.9. The Morgan fingerprint density at radius 2 is 2.25 bits per heavy atom. The van der Waals surface area contributed by atoms with Crippen LogP contribution in [0.3, 0.4) is 0 Å². The normalized spacial score (nSPS) is 18.2. The van der Waals surface area contributed by atoms with Gasteiger partial charge in [0.25, 0.3) is 0 Å². The molecule has 1 atom stereocenters. The number of nitrogens with zero attached hydrogens (tertiary/aromatic N) is 1. The van der Waals surface area contributed by atoms with Gasteiger partial charge in [0.1, 0.15) is 12.5 Å². The number of hydrogen-bond donors (Lipinski definition) is 1. The van der Waals surface area contributed by atoms with Crippen molar-refractivity contribution in [2.45, 2.75) is 31.7 Å². The quantitative estimate of drug-likeness (QED) is 0.937. The Morgan fingerprint density at radius 3 is 2.95 bits per heavy atom. The van der Waals surface area contributed by atoms with Gasteiger partial charge in [0.15, 0.2) is 0 Å². The standard InChI is InChI=1S/C15H15F2NO2/c16-6-7-18-12-3-1-2-11(15(19)20)14(12)10-5-4-9(17)8-13(10)18/h4-5,8,11H,1-3,6-7H2,(H,19,20). The van der Waals surface area contributed by atoms with Crippen LogP contribution >= 0.6 is 0 Å². The van der Waals surface area contributed by atoms with Crippen LogP contribution in [-0.2, 0) is 17.8 Å². The van der Waals surface area contributed by atoms with Gasteiger partial charge in [-0.1, -0.05) is 0 Å². The summed E-state index contributed by atoms with van der Waals surface area (Å²) in [5.41, 5.74) is 2.19. The average molecular weight is 279 g/mol. The fraction of sp³-hybridized carbons (Fsp3) is 0.400. The Morgan fingerprint density at radius 1 is 1.45 bits per heavy atom. The topological polar surface area (TPSA) is 42.2 Å². The van der Waals surface area contributed by atoms with Crippen molar-refractivity contribution in [1.82, 2.24) is 4.57 Å². The number of alkyl halides is 1. The molecular formula is C15H15F2NO2. The predicted octanol–water partition coefficient (Wildman–Crippen LogP) is 3.25. The minimum absolute atomic E-state index is 0.141. The molecule has 1 N–H and O–H groups in total. The number of aliphatic carboxylic acids is 1. The van der Waals surface area contributed by atoms with Crippen LogP contribution in [0.15, 0.2) is 18.2 Å². The summed E-state index contributed by atoms with van der Waals surface area (Å²) in [6.45, 7) is -0.411. The second-order valence-electron chi connectivity index (χ2n) is 5.15. The fourth-order valence-electron chi connectivity index (χ4n) is 3.27. The van der Waals surface area contributed by atoms with E-state index in [0.717, 1.165) is 29.5 Å². The second kappa shape index (κ2) is 4.89. The molecule has 1 aromatic carbocycles. The molecule has 1 heterocycles. The first-order chi connectivity index (χ1) is 9.63. The SMILES string of the molecule is O=C(O)C1CCCc2c1c1ccc(F)cc1n2CCF. The van der Waals surface area contributed by atoms with Gasteiger partial charge in [-0.3, -0.25) is 4.79 Å². The fourth-order valence-corrected chi connectivity index (χ4v) is 3.27. The molecule has 1 aliphatic rings. The van der Waals surface area contributed by atoms with Crippen molar-refractivity contribution in [2.24, 2.45) is 0 Å². The number of hydrogen-bond acceptors (Lipinski definition) is 1. The molecule has 3 nitrogen and oxygen atoms in total. The summed E-state index contributed by atoms with van der Waals surface area (Å²) in [5, 5.41) is 10.1. The highest BCUT2D eigenvalue weighted by molar-refractivity contribution is 5.91. The molecule has 0 spiro atoms. The van der Waals surface area contributed by atoms with Gasteiger partial charge in [0.05, 0.1) is 18.0 Å². The van der Waals surface area contributed by atoms with Crippen molar-refractivity contribution in [3.8, 4) is 0 Å². The molecule has 1 unspecified atom stereocenters. The molecule has 1 aliphatic carbocycles. The van der Waals surface area contributed by atoms with Crippen LogP contribution in [0, 0.1) is 5.82 Å². The predicted molar refractivity (Wildman–Crippen MR) is 71.2 cm³/mol. The average Bonchev–Trinajstić information content (AvgIpc) is 2.73. The van der Waals surface area contributed by atoms with E-state index >= 15 is 0 Å². The zero-order valence-electron chi connectivity index (χ0n) is 10.9. The molecule has 0 bridgehead atoms. The lowest BCUT2D eigenvalue weighted by molar-refractivity contribution is -0.139. The third-order valence-electron chi connectivity index (χ3n) is 4.04. The summed E-state index contributed by atoms with van der Waals surface area (Å²) in [6, 6.07) is 4.30. The molecule has 0 saturated carbocycles. The zero-order chi connectivity index (χ0) is 14.3. The van der Waals surface area contributed by atoms with Crippen molar-refractivity contribution >= 4 is 16.9 Å². The van der Waals surface area contributed by atoms with Crippen molar-refractivity contribution in [1.29, 1.82) is 0 Å². The number of carbonyl (C=O) groups is 1. The molecule has 0 radical (unpaired) electrons. The van der Waals surface area contributed by atoms with Crippen molar-refractivity contribution in [3.05, 3.63) is 35.3 Å². The number of aryl methyl sites for hydroxylation is 1. The van der Waals surface area contributed by atoms with E-state index in [9.17, 15) is 18.7 Å². The molecule has 0 fully saturated rings. The van der Waals surface area contributed by atoms with E-state index < -0.39 is 18.6 Å². The maximum Gasteiger partial charge on any atom is 0.311 e. The molecule has 1 aromatic heterocycles. The van der Waals surface area contributed by atoms with Gasteiger partial charge in [-0.05, 0) is 43.0 Å². The van der Waals surface area contributed by atoms with Gasteiger partial charge >= 0.3 is 5.97 Å². The molecule has 5 heteroatoms. The number of fused-ring (bicyclic) bond motifs is 3. The number of benzene rings is 1. The van der Waals surface area contributed by atoms with Gasteiger partial charge in [0.2, 0.25) is 0 Å². The molecule has 0 amide bonds. The first-order valence-electron chi connectivity index (χ1n) is 6.72. The number of carboxylic acid groups (broad SMARTS) is 1. The third kappa shape index (κ3) is 1.88. The third-order valence-corrected chi connectivity index (χ3v) is 4.04. The first kappa shape index (κ1) is 13.1. The van der Waals surface area contributed by atoms with E-state index in [1.807, 2.05) is 0 Å². The number of carboxylic acids is 1. The molecule has 0 aliphatic heterocycles. The van der Waals surface area contributed by atoms with Crippen LogP contribution in [0.4, 0.5) is 8.78 Å². The Balaban J connectivity index is 2.31. The van der Waals surface area contributed by atoms with E-state index in [4.69, 9.17) is 0 Å². The Labute approximate surface area is 114 Å². The first-order valence-corrected chi connectivity index (χ1v) is 6.72. The number of halogens is 2. The lowest BCUT2D eigenvalue weighted by Crippen LogP contribution is -2.19. The van der Waals surface area contributed by atoms with Gasteiger partial charge in [-0.25, -0.2) is 8.78 Å². The summed E-state index contributed by atoms with van der Waals surface area (Å²) < 4.78 is 28.0. The van der Waals surface area contributed by atoms with Gasteiger partial charge < -0.3 is 9.67 Å². The molecular weight excluding hydrogens is 264 g/mol. The summed E-state index contributed by atoms with van der Waals surface area (Å²) in [5.74, 6) is -1.83. The van der Waals surface area contributed by atoms with E-state index in [-0.39, 0.29) is 12.4 Å². The van der Waals surface area contributed by atoms with E-state index in [1.165, 1.54) is 12.1 Å². The van der Waals surface area contributed by atoms with E-state index in [2.05, 4.69) is 0 Å². The maximum atomic E-state index is 13.5. The largest absolute Gasteiger partial charge is 0.481 e. The maximum absolute atomic E-state index is 13.5. The highest BCUT2D eigenvalue weighted by Gasteiger charge is 2.31. The van der Waals surface area contributed by atoms with Crippen molar-refractivity contribution in [3.63, 3.8) is 0 Å². The van der Waals surface area contributed by atoms with Crippen LogP contribution < -0.4 is 0 Å². The molecule has 20 heavy (non-hydrogen) atoms. The molecule has 3 rings (SSSR count). The van der Waals surface area contributed by atoms with Crippen LogP contribution in [-0.4, -0.2) is 22.3 Å². The Bertz CT molecular complexity index is 678. The smallest absolute Gasteiger partial charge is 0.311 e. The number of rotatable bonds is 3. The van der Waals surface area contributed by atoms with E-state index in [1.54, 1.807) is 10.6 Å². The Kier molecular flexibility index (Phi) is 3.20. The molecule has 2 aromatic rings. The second-order valence-corrected chi connectivity index (χ2v) is 5.15. The van der Waals surface area contributed by atoms with Crippen LogP contribution in [0.2, 0.25) is 0 Å². The monoisotopic (exact) mass is 279 g/mol. The Hall–Kier alpha value is -1.91. The van der Waals surface area contributed by atoms with Gasteiger partial charge in [-0.2, -0.15) is 0 Å². The molecule has 0 saturated heterocycles. The minimum atomic E-state index is -0.866.